The third kappa shape index (κ3) is 6.49. The number of nitrogens with zero attached hydrogens (tertiary/aromatic N) is 1. The first-order valence-electron chi connectivity index (χ1n) is 8.44. The number of amides is 1. The van der Waals surface area contributed by atoms with Crippen molar-refractivity contribution < 1.29 is 14.7 Å². The first-order chi connectivity index (χ1) is 9.91. The highest BCUT2D eigenvalue weighted by Crippen LogP contribution is 2.23. The van der Waals surface area contributed by atoms with Gasteiger partial charge in [0.1, 0.15) is 0 Å². The number of carboxylic acids is 1. The van der Waals surface area contributed by atoms with E-state index in [2.05, 4.69) is 0 Å². The van der Waals surface area contributed by atoms with Crippen molar-refractivity contribution in [3.63, 3.8) is 0 Å². The number of rotatable bonds is 6. The molecule has 0 aliphatic heterocycles. The maximum absolute atomic E-state index is 12.5. The molecule has 21 heavy (non-hydrogen) atoms. The molecule has 1 N–H and O–H groups in total. The number of aliphatic carboxylic acids is 1. The highest BCUT2D eigenvalue weighted by atomic mass is 16.4. The lowest BCUT2D eigenvalue weighted by atomic mass is 9.94. The Hall–Kier alpha value is -1.06. The maximum Gasteiger partial charge on any atom is 0.308 e. The molecule has 1 amide bonds. The smallest absolute Gasteiger partial charge is 0.308 e. The van der Waals surface area contributed by atoms with Crippen molar-refractivity contribution in [1.82, 2.24) is 4.90 Å². The lowest BCUT2D eigenvalue weighted by Crippen LogP contribution is -2.44. The molecule has 0 aromatic carbocycles. The van der Waals surface area contributed by atoms with E-state index in [0.29, 0.717) is 18.9 Å². The summed E-state index contributed by atoms with van der Waals surface area (Å²) >= 11 is 0. The minimum absolute atomic E-state index is 0.128. The molecule has 1 atom stereocenters. The number of carboxylic acid groups (broad SMARTS) is 1. The predicted molar refractivity (Wildman–Crippen MR) is 84.1 cm³/mol. The molecule has 0 aromatic heterocycles. The van der Waals surface area contributed by atoms with Crippen LogP contribution in [-0.2, 0) is 9.59 Å². The Morgan fingerprint density at radius 3 is 2.05 bits per heavy atom. The Balaban J connectivity index is 2.77. The van der Waals surface area contributed by atoms with E-state index < -0.39 is 11.9 Å². The van der Waals surface area contributed by atoms with Crippen molar-refractivity contribution >= 4 is 11.9 Å². The summed E-state index contributed by atoms with van der Waals surface area (Å²) in [5.41, 5.74) is 0. The molecule has 1 rings (SSSR count). The summed E-state index contributed by atoms with van der Waals surface area (Å²) in [7, 11) is 0. The van der Waals surface area contributed by atoms with E-state index in [1.165, 1.54) is 19.3 Å². The number of hydrogen-bond acceptors (Lipinski definition) is 2. The number of carbonyl (C=O) groups excluding carboxylic acids is 1. The summed E-state index contributed by atoms with van der Waals surface area (Å²) in [4.78, 5) is 25.6. The van der Waals surface area contributed by atoms with Gasteiger partial charge in [0, 0.05) is 19.0 Å². The fourth-order valence-electron chi connectivity index (χ4n) is 3.04. The second-order valence-electron chi connectivity index (χ2n) is 6.88. The average molecular weight is 297 g/mol. The van der Waals surface area contributed by atoms with Crippen LogP contribution in [0.1, 0.15) is 72.1 Å². The molecular formula is C17H31NO3. The van der Waals surface area contributed by atoms with Gasteiger partial charge in [-0.3, -0.25) is 9.59 Å². The molecule has 0 aromatic rings. The Bertz CT molecular complexity index is 333. The van der Waals surface area contributed by atoms with Crippen molar-refractivity contribution in [3.05, 3.63) is 0 Å². The van der Waals surface area contributed by atoms with Crippen LogP contribution in [0.25, 0.3) is 0 Å². The predicted octanol–water partition coefficient (Wildman–Crippen LogP) is 3.69. The molecular weight excluding hydrogens is 266 g/mol. The Morgan fingerprint density at radius 2 is 1.57 bits per heavy atom. The first-order valence-corrected chi connectivity index (χ1v) is 8.44. The average Bonchev–Trinajstić information content (AvgIpc) is 2.34. The molecule has 0 radical (unpaired) electrons. The van der Waals surface area contributed by atoms with Crippen LogP contribution in [0.4, 0.5) is 0 Å². The fraction of sp³-hybridized carbons (Fsp3) is 0.882. The van der Waals surface area contributed by atoms with Gasteiger partial charge in [0.25, 0.3) is 0 Å². The molecule has 1 fully saturated rings. The van der Waals surface area contributed by atoms with E-state index in [4.69, 9.17) is 5.11 Å². The minimum Gasteiger partial charge on any atom is -0.481 e. The summed E-state index contributed by atoms with van der Waals surface area (Å²) in [6.07, 6.45) is 8.62. The van der Waals surface area contributed by atoms with Crippen molar-refractivity contribution in [3.8, 4) is 0 Å². The third-order valence-electron chi connectivity index (χ3n) is 4.31. The molecule has 4 heteroatoms. The lowest BCUT2D eigenvalue weighted by Gasteiger charge is -2.35. The normalized spacial score (nSPS) is 18.9. The van der Waals surface area contributed by atoms with Crippen LogP contribution in [0.5, 0.6) is 0 Å². The molecule has 0 saturated heterocycles. The third-order valence-corrected chi connectivity index (χ3v) is 4.31. The number of carbonyl (C=O) groups is 2. The highest BCUT2D eigenvalue weighted by Gasteiger charge is 2.27. The second kappa shape index (κ2) is 9.06. The van der Waals surface area contributed by atoms with Crippen LogP contribution in [-0.4, -0.2) is 34.5 Å². The SMILES string of the molecule is CC(C)CC(=O)N(CC(C)C(=O)O)C1CCCCCCC1. The van der Waals surface area contributed by atoms with Gasteiger partial charge in [0.05, 0.1) is 5.92 Å². The Morgan fingerprint density at radius 1 is 1.05 bits per heavy atom. The van der Waals surface area contributed by atoms with Crippen LogP contribution >= 0.6 is 0 Å². The molecule has 1 aliphatic carbocycles. The topological polar surface area (TPSA) is 57.6 Å². The van der Waals surface area contributed by atoms with Crippen molar-refractivity contribution in [2.24, 2.45) is 11.8 Å². The molecule has 1 aliphatic rings. The van der Waals surface area contributed by atoms with E-state index in [1.54, 1.807) is 6.92 Å². The zero-order valence-electron chi connectivity index (χ0n) is 13.8. The fourth-order valence-corrected chi connectivity index (χ4v) is 3.04. The van der Waals surface area contributed by atoms with Crippen LogP contribution in [0, 0.1) is 11.8 Å². The molecule has 122 valence electrons. The van der Waals surface area contributed by atoms with E-state index >= 15 is 0 Å². The van der Waals surface area contributed by atoms with Crippen LogP contribution < -0.4 is 0 Å². The zero-order valence-corrected chi connectivity index (χ0v) is 13.8. The Kier molecular flexibility index (Phi) is 7.76. The van der Waals surface area contributed by atoms with Crippen LogP contribution in [0.2, 0.25) is 0 Å². The van der Waals surface area contributed by atoms with Crippen molar-refractivity contribution in [2.45, 2.75) is 78.2 Å². The minimum atomic E-state index is -0.816. The van der Waals surface area contributed by atoms with Gasteiger partial charge in [-0.2, -0.15) is 0 Å². The van der Waals surface area contributed by atoms with Crippen LogP contribution in [0.3, 0.4) is 0 Å². The zero-order chi connectivity index (χ0) is 15.8. The van der Waals surface area contributed by atoms with Gasteiger partial charge in [-0.1, -0.05) is 52.9 Å². The summed E-state index contributed by atoms with van der Waals surface area (Å²) in [5, 5.41) is 9.16. The van der Waals surface area contributed by atoms with Gasteiger partial charge in [-0.15, -0.1) is 0 Å². The molecule has 1 saturated carbocycles. The summed E-state index contributed by atoms with van der Waals surface area (Å²) in [6, 6.07) is 0.235. The first kappa shape index (κ1) is 18.0. The van der Waals surface area contributed by atoms with E-state index in [0.717, 1.165) is 25.7 Å². The van der Waals surface area contributed by atoms with Gasteiger partial charge in [-0.25, -0.2) is 0 Å². The molecule has 0 heterocycles. The number of hydrogen-bond donors (Lipinski definition) is 1. The summed E-state index contributed by atoms with van der Waals surface area (Å²) in [5.74, 6) is -0.868. The quantitative estimate of drug-likeness (QED) is 0.813. The van der Waals surface area contributed by atoms with Gasteiger partial charge in [-0.05, 0) is 18.8 Å². The summed E-state index contributed by atoms with van der Waals surface area (Å²) in [6.45, 7) is 6.12. The second-order valence-corrected chi connectivity index (χ2v) is 6.88. The summed E-state index contributed by atoms with van der Waals surface area (Å²) < 4.78 is 0. The monoisotopic (exact) mass is 297 g/mol. The van der Waals surface area contributed by atoms with Gasteiger partial charge in [0.15, 0.2) is 0 Å². The van der Waals surface area contributed by atoms with Crippen molar-refractivity contribution in [2.75, 3.05) is 6.54 Å². The van der Waals surface area contributed by atoms with Crippen LogP contribution in [0.15, 0.2) is 0 Å². The van der Waals surface area contributed by atoms with E-state index in [9.17, 15) is 9.59 Å². The molecule has 0 bridgehead atoms. The van der Waals surface area contributed by atoms with Crippen molar-refractivity contribution in [1.29, 1.82) is 0 Å². The van der Waals surface area contributed by atoms with Gasteiger partial charge in [0.2, 0.25) is 5.91 Å². The van der Waals surface area contributed by atoms with Gasteiger partial charge < -0.3 is 10.0 Å². The van der Waals surface area contributed by atoms with Gasteiger partial charge >= 0.3 is 5.97 Å². The standard InChI is InChI=1S/C17H31NO3/c1-13(2)11-16(19)18(12-14(3)17(20)21)15-9-7-5-4-6-8-10-15/h13-15H,4-12H2,1-3H3,(H,20,21). The largest absolute Gasteiger partial charge is 0.481 e. The lowest BCUT2D eigenvalue weighted by molar-refractivity contribution is -0.144. The highest BCUT2D eigenvalue weighted by molar-refractivity contribution is 5.78. The van der Waals surface area contributed by atoms with E-state index in [1.807, 2.05) is 18.7 Å². The maximum atomic E-state index is 12.5. The van der Waals surface area contributed by atoms with E-state index in [-0.39, 0.29) is 11.9 Å². The molecule has 1 unspecified atom stereocenters. The molecule has 0 spiro atoms. The Labute approximate surface area is 128 Å². The molecule has 4 nitrogen and oxygen atoms in total.